The summed E-state index contributed by atoms with van der Waals surface area (Å²) < 4.78 is 1.68. The normalized spacial score (nSPS) is 11.4. The van der Waals surface area contributed by atoms with E-state index in [1.807, 2.05) is 58.0 Å². The van der Waals surface area contributed by atoms with E-state index >= 15 is 0 Å². The number of hydrogen-bond acceptors (Lipinski definition) is 3. The van der Waals surface area contributed by atoms with Gasteiger partial charge in [0.2, 0.25) is 0 Å². The van der Waals surface area contributed by atoms with Crippen molar-refractivity contribution in [2.24, 2.45) is 0 Å². The molecule has 0 amide bonds. The topological polar surface area (TPSA) is 52.0 Å². The number of ketones is 1. The minimum atomic E-state index is -0.0950. The number of fused-ring (bicyclic) bond motifs is 1. The van der Waals surface area contributed by atoms with Gasteiger partial charge in [-0.05, 0) is 75.1 Å². The number of carbonyl (C=O) groups excluding carboxylic acids is 1. The maximum Gasteiger partial charge on any atom is 0.265 e. The zero-order valence-corrected chi connectivity index (χ0v) is 15.8. The molecule has 0 saturated heterocycles. The van der Waals surface area contributed by atoms with Crippen molar-refractivity contribution in [1.82, 2.24) is 9.55 Å². The highest BCUT2D eigenvalue weighted by Gasteiger charge is 2.14. The predicted octanol–water partition coefficient (Wildman–Crippen LogP) is 4.22. The molecule has 0 unspecified atom stereocenters. The van der Waals surface area contributed by atoms with E-state index < -0.39 is 0 Å². The average Bonchev–Trinajstić information content (AvgIpc) is 2.55. The Morgan fingerprint density at radius 1 is 1.04 bits per heavy atom. The van der Waals surface area contributed by atoms with Gasteiger partial charge in [-0.3, -0.25) is 14.2 Å². The number of carbonyl (C=O) groups is 1. The standard InChI is InChI=1S/C22H22N2O2/c1-13-7-6-8-14(2)21(13)24-17(5)23-20-11-15(3)18(10-9-16(4)25)12-19(20)22(24)26/h6-12H,1-5H3/b10-9+. The number of allylic oxidation sites excluding steroid dienone is 1. The third kappa shape index (κ3) is 3.10. The number of hydrogen-bond donors (Lipinski definition) is 0. The second-order valence-corrected chi connectivity index (χ2v) is 6.71. The molecule has 3 aromatic rings. The highest BCUT2D eigenvalue weighted by atomic mass is 16.1. The van der Waals surface area contributed by atoms with Crippen LogP contribution in [0.15, 0.2) is 41.2 Å². The lowest BCUT2D eigenvalue weighted by Gasteiger charge is -2.16. The van der Waals surface area contributed by atoms with Crippen LogP contribution in [0.4, 0.5) is 0 Å². The Labute approximate surface area is 152 Å². The number of rotatable bonds is 3. The largest absolute Gasteiger partial charge is 0.295 e. The first-order valence-electron chi connectivity index (χ1n) is 8.59. The smallest absolute Gasteiger partial charge is 0.265 e. The lowest BCUT2D eigenvalue weighted by atomic mass is 10.0. The number of aryl methyl sites for hydroxylation is 4. The first-order valence-corrected chi connectivity index (χ1v) is 8.59. The third-order valence-corrected chi connectivity index (χ3v) is 4.58. The molecular formula is C22H22N2O2. The molecular weight excluding hydrogens is 324 g/mol. The van der Waals surface area contributed by atoms with Crippen LogP contribution >= 0.6 is 0 Å². The van der Waals surface area contributed by atoms with Gasteiger partial charge in [0.25, 0.3) is 5.56 Å². The number of para-hydroxylation sites is 1. The summed E-state index contributed by atoms with van der Waals surface area (Å²) in [6, 6.07) is 9.70. The van der Waals surface area contributed by atoms with Crippen LogP contribution in [0.2, 0.25) is 0 Å². The molecule has 0 spiro atoms. The molecule has 1 heterocycles. The van der Waals surface area contributed by atoms with E-state index in [1.54, 1.807) is 10.6 Å². The Kier molecular flexibility index (Phi) is 4.60. The number of aromatic nitrogens is 2. The van der Waals surface area contributed by atoms with Crippen LogP contribution in [-0.2, 0) is 4.79 Å². The second-order valence-electron chi connectivity index (χ2n) is 6.71. The minimum absolute atomic E-state index is 0.0283. The molecule has 0 saturated carbocycles. The lowest BCUT2D eigenvalue weighted by Crippen LogP contribution is -2.24. The van der Waals surface area contributed by atoms with Crippen molar-refractivity contribution in [2.45, 2.75) is 34.6 Å². The van der Waals surface area contributed by atoms with E-state index in [0.29, 0.717) is 16.7 Å². The van der Waals surface area contributed by atoms with Gasteiger partial charge >= 0.3 is 0 Å². The summed E-state index contributed by atoms with van der Waals surface area (Å²) in [5.74, 6) is 0.630. The van der Waals surface area contributed by atoms with E-state index in [2.05, 4.69) is 4.98 Å². The highest BCUT2D eigenvalue weighted by Crippen LogP contribution is 2.22. The van der Waals surface area contributed by atoms with E-state index in [-0.39, 0.29) is 11.3 Å². The zero-order valence-electron chi connectivity index (χ0n) is 15.8. The Morgan fingerprint density at radius 3 is 2.31 bits per heavy atom. The van der Waals surface area contributed by atoms with Crippen molar-refractivity contribution < 1.29 is 4.79 Å². The maximum atomic E-state index is 13.3. The van der Waals surface area contributed by atoms with Crippen LogP contribution in [0.1, 0.15) is 35.0 Å². The van der Waals surface area contributed by atoms with E-state index in [4.69, 9.17) is 0 Å². The quantitative estimate of drug-likeness (QED) is 0.667. The molecule has 3 rings (SSSR count). The number of nitrogens with zero attached hydrogens (tertiary/aromatic N) is 2. The van der Waals surface area contributed by atoms with Crippen LogP contribution in [-0.4, -0.2) is 15.3 Å². The molecule has 0 N–H and O–H groups in total. The average molecular weight is 346 g/mol. The van der Waals surface area contributed by atoms with Gasteiger partial charge < -0.3 is 0 Å². The van der Waals surface area contributed by atoms with Gasteiger partial charge in [0.1, 0.15) is 5.82 Å². The summed E-state index contributed by atoms with van der Waals surface area (Å²) in [6.45, 7) is 9.30. The van der Waals surface area contributed by atoms with Gasteiger partial charge in [-0.25, -0.2) is 4.98 Å². The third-order valence-electron chi connectivity index (χ3n) is 4.58. The molecule has 4 heteroatoms. The summed E-state index contributed by atoms with van der Waals surface area (Å²) >= 11 is 0. The van der Waals surface area contributed by atoms with Crippen LogP contribution in [0, 0.1) is 27.7 Å². The van der Waals surface area contributed by atoms with Crippen LogP contribution in [0.25, 0.3) is 22.7 Å². The fourth-order valence-corrected chi connectivity index (χ4v) is 3.27. The summed E-state index contributed by atoms with van der Waals surface area (Å²) in [7, 11) is 0. The molecule has 132 valence electrons. The lowest BCUT2D eigenvalue weighted by molar-refractivity contribution is -0.112. The van der Waals surface area contributed by atoms with Crippen molar-refractivity contribution >= 4 is 22.8 Å². The minimum Gasteiger partial charge on any atom is -0.295 e. The van der Waals surface area contributed by atoms with Crippen molar-refractivity contribution in [3.63, 3.8) is 0 Å². The van der Waals surface area contributed by atoms with Gasteiger partial charge in [0, 0.05) is 0 Å². The first kappa shape index (κ1) is 17.8. The molecule has 0 fully saturated rings. The summed E-state index contributed by atoms with van der Waals surface area (Å²) in [5, 5.41) is 0.548. The number of benzene rings is 2. The second kappa shape index (κ2) is 6.71. The Bertz CT molecular complexity index is 1100. The molecule has 0 aliphatic rings. The highest BCUT2D eigenvalue weighted by molar-refractivity contribution is 5.92. The van der Waals surface area contributed by atoms with Gasteiger partial charge in [-0.2, -0.15) is 0 Å². The SMILES string of the molecule is CC(=O)/C=C/c1cc2c(=O)n(-c3c(C)cccc3C)c(C)nc2cc1C. The Hall–Kier alpha value is -3.01. The van der Waals surface area contributed by atoms with Crippen LogP contribution in [0.5, 0.6) is 0 Å². The maximum absolute atomic E-state index is 13.3. The van der Waals surface area contributed by atoms with E-state index in [9.17, 15) is 9.59 Å². The molecule has 2 aromatic carbocycles. The monoisotopic (exact) mass is 346 g/mol. The van der Waals surface area contributed by atoms with E-state index in [0.717, 1.165) is 27.9 Å². The summed E-state index contributed by atoms with van der Waals surface area (Å²) in [5.41, 5.74) is 5.34. The molecule has 1 aromatic heterocycles. The summed E-state index contributed by atoms with van der Waals surface area (Å²) in [4.78, 5) is 29.2. The van der Waals surface area contributed by atoms with Crippen LogP contribution in [0.3, 0.4) is 0 Å². The summed E-state index contributed by atoms with van der Waals surface area (Å²) in [6.07, 6.45) is 3.26. The fraction of sp³-hybridized carbons (Fsp3) is 0.227. The molecule has 0 bridgehead atoms. The van der Waals surface area contributed by atoms with Crippen molar-refractivity contribution in [3.8, 4) is 5.69 Å². The molecule has 0 aliphatic carbocycles. The zero-order chi connectivity index (χ0) is 19.0. The molecule has 0 atom stereocenters. The Balaban J connectivity index is 2.35. The van der Waals surface area contributed by atoms with Gasteiger partial charge in [-0.1, -0.05) is 24.3 Å². The van der Waals surface area contributed by atoms with Gasteiger partial charge in [0.15, 0.2) is 5.78 Å². The predicted molar refractivity (Wildman–Crippen MR) is 106 cm³/mol. The van der Waals surface area contributed by atoms with Crippen molar-refractivity contribution in [2.75, 3.05) is 0 Å². The molecule has 26 heavy (non-hydrogen) atoms. The van der Waals surface area contributed by atoms with Gasteiger partial charge in [-0.15, -0.1) is 0 Å². The molecule has 0 aliphatic heterocycles. The van der Waals surface area contributed by atoms with Crippen molar-refractivity contribution in [3.05, 3.63) is 74.8 Å². The van der Waals surface area contributed by atoms with Crippen LogP contribution < -0.4 is 5.56 Å². The Morgan fingerprint density at radius 2 is 1.69 bits per heavy atom. The van der Waals surface area contributed by atoms with Gasteiger partial charge in [0.05, 0.1) is 16.6 Å². The first-order chi connectivity index (χ1) is 12.3. The molecule has 4 nitrogen and oxygen atoms in total. The fourth-order valence-electron chi connectivity index (χ4n) is 3.27. The molecule has 0 radical (unpaired) electrons. The van der Waals surface area contributed by atoms with Crippen molar-refractivity contribution in [1.29, 1.82) is 0 Å². The van der Waals surface area contributed by atoms with E-state index in [1.165, 1.54) is 13.0 Å².